The second kappa shape index (κ2) is 9.60. The van der Waals surface area contributed by atoms with E-state index in [1.165, 1.54) is 0 Å². The summed E-state index contributed by atoms with van der Waals surface area (Å²) < 4.78 is 5.44. The zero-order valence-electron chi connectivity index (χ0n) is 17.1. The summed E-state index contributed by atoms with van der Waals surface area (Å²) in [4.78, 5) is 32.6. The number of likely N-dealkylation sites (N-methyl/N-ethyl adjacent to an activating group) is 2. The normalized spacial score (nSPS) is 19.9. The molecule has 0 aliphatic carbocycles. The second-order valence-corrected chi connectivity index (χ2v) is 7.56. The topological polar surface area (TPSA) is 56.3 Å². The average molecular weight is 377 g/mol. The monoisotopic (exact) mass is 376 g/mol. The lowest BCUT2D eigenvalue weighted by Crippen LogP contribution is -2.62. The number of hydrogen-bond acceptors (Lipinski definition) is 4. The van der Waals surface area contributed by atoms with Gasteiger partial charge in [-0.15, -0.1) is 0 Å². The van der Waals surface area contributed by atoms with Crippen LogP contribution in [0.25, 0.3) is 0 Å². The number of piperazine rings is 1. The Balaban J connectivity index is 1.89. The molecular formula is C20H32N4O3. The zero-order valence-corrected chi connectivity index (χ0v) is 17.1. The van der Waals surface area contributed by atoms with E-state index in [0.29, 0.717) is 19.6 Å². The van der Waals surface area contributed by atoms with Crippen LogP contribution in [0, 0.1) is 0 Å². The van der Waals surface area contributed by atoms with E-state index in [9.17, 15) is 9.59 Å². The van der Waals surface area contributed by atoms with Crippen LogP contribution >= 0.6 is 0 Å². The van der Waals surface area contributed by atoms with Crippen molar-refractivity contribution in [1.29, 1.82) is 0 Å². The predicted molar refractivity (Wildman–Crippen MR) is 106 cm³/mol. The van der Waals surface area contributed by atoms with Crippen molar-refractivity contribution in [1.82, 2.24) is 19.6 Å². The van der Waals surface area contributed by atoms with E-state index in [-0.39, 0.29) is 30.8 Å². The molecule has 27 heavy (non-hydrogen) atoms. The molecule has 0 aromatic heterocycles. The zero-order chi connectivity index (χ0) is 20.0. The summed E-state index contributed by atoms with van der Waals surface area (Å²) in [6.45, 7) is 6.66. The van der Waals surface area contributed by atoms with Crippen molar-refractivity contribution in [3.05, 3.63) is 35.9 Å². The number of carbonyl (C=O) groups excluding carboxylic acids is 2. The molecule has 150 valence electrons. The van der Waals surface area contributed by atoms with Crippen LogP contribution in [0.2, 0.25) is 0 Å². The van der Waals surface area contributed by atoms with Crippen molar-refractivity contribution < 1.29 is 14.3 Å². The standard InChI is InChI=1S/C20H32N4O3/c1-16-13-23(20(26)27-15-18-9-7-6-8-10-18)14-17(2)24(16)19(25)22(5)12-11-21(3)4/h6-10,16-17H,11-15H2,1-5H3/t16-,17-/m0/s1. The molecule has 1 fully saturated rings. The molecule has 2 atom stereocenters. The minimum absolute atomic E-state index is 0.00847. The van der Waals surface area contributed by atoms with Crippen molar-refractivity contribution in [2.45, 2.75) is 32.5 Å². The van der Waals surface area contributed by atoms with E-state index in [1.54, 1.807) is 9.80 Å². The molecule has 2 rings (SSSR count). The van der Waals surface area contributed by atoms with Crippen molar-refractivity contribution in [2.75, 3.05) is 47.3 Å². The third kappa shape index (κ3) is 5.85. The Bertz CT molecular complexity index is 611. The molecule has 1 aliphatic heterocycles. The molecule has 1 aliphatic rings. The lowest BCUT2D eigenvalue weighted by molar-refractivity contribution is 0.0339. The molecule has 1 aromatic carbocycles. The van der Waals surface area contributed by atoms with Crippen LogP contribution in [0.15, 0.2) is 30.3 Å². The maximum absolute atomic E-state index is 12.8. The largest absolute Gasteiger partial charge is 0.445 e. The molecule has 7 heteroatoms. The SMILES string of the molecule is C[C@H]1CN(C(=O)OCc2ccccc2)C[C@H](C)N1C(=O)N(C)CCN(C)C. The molecule has 3 amide bonds. The fourth-order valence-electron chi connectivity index (χ4n) is 3.30. The summed E-state index contributed by atoms with van der Waals surface area (Å²) in [6, 6.07) is 9.51. The highest BCUT2D eigenvalue weighted by molar-refractivity contribution is 5.76. The number of benzene rings is 1. The van der Waals surface area contributed by atoms with Gasteiger partial charge < -0.3 is 24.3 Å². The van der Waals surface area contributed by atoms with Crippen molar-refractivity contribution in [3.63, 3.8) is 0 Å². The van der Waals surface area contributed by atoms with Gasteiger partial charge in [0, 0.05) is 45.3 Å². The molecule has 0 spiro atoms. The maximum Gasteiger partial charge on any atom is 0.410 e. The molecule has 1 heterocycles. The van der Waals surface area contributed by atoms with Crippen LogP contribution in [-0.4, -0.2) is 91.1 Å². The molecule has 0 unspecified atom stereocenters. The first-order chi connectivity index (χ1) is 12.8. The van der Waals surface area contributed by atoms with Gasteiger partial charge in [-0.1, -0.05) is 30.3 Å². The van der Waals surface area contributed by atoms with E-state index in [4.69, 9.17) is 4.74 Å². The fourth-order valence-corrected chi connectivity index (χ4v) is 3.30. The Morgan fingerprint density at radius 1 is 1.04 bits per heavy atom. The van der Waals surface area contributed by atoms with Gasteiger partial charge in [0.1, 0.15) is 6.61 Å². The smallest absolute Gasteiger partial charge is 0.410 e. The molecule has 7 nitrogen and oxygen atoms in total. The summed E-state index contributed by atoms with van der Waals surface area (Å²) in [7, 11) is 5.80. The Labute approximate surface area is 162 Å². The lowest BCUT2D eigenvalue weighted by Gasteiger charge is -2.45. The highest BCUT2D eigenvalue weighted by atomic mass is 16.6. The van der Waals surface area contributed by atoms with Gasteiger partial charge in [-0.25, -0.2) is 9.59 Å². The van der Waals surface area contributed by atoms with Crippen molar-refractivity contribution >= 4 is 12.1 Å². The first-order valence-electron chi connectivity index (χ1n) is 9.43. The Kier molecular flexibility index (Phi) is 7.47. The molecule has 0 N–H and O–H groups in total. The van der Waals surface area contributed by atoms with Crippen LogP contribution in [0.3, 0.4) is 0 Å². The number of carbonyl (C=O) groups is 2. The quantitative estimate of drug-likeness (QED) is 0.791. The number of urea groups is 1. The van der Waals surface area contributed by atoms with Crippen LogP contribution in [0.1, 0.15) is 19.4 Å². The first kappa shape index (κ1) is 21.0. The summed E-state index contributed by atoms with van der Waals surface area (Å²) in [5.74, 6) is 0. The number of rotatable bonds is 5. The number of amides is 3. The number of ether oxygens (including phenoxy) is 1. The number of nitrogens with zero attached hydrogens (tertiary/aromatic N) is 4. The van der Waals surface area contributed by atoms with Crippen molar-refractivity contribution in [3.8, 4) is 0 Å². The van der Waals surface area contributed by atoms with Gasteiger partial charge in [-0.2, -0.15) is 0 Å². The van der Waals surface area contributed by atoms with Gasteiger partial charge in [0.15, 0.2) is 0 Å². The van der Waals surface area contributed by atoms with Gasteiger partial charge in [0.05, 0.1) is 0 Å². The molecule has 0 bridgehead atoms. The van der Waals surface area contributed by atoms with Gasteiger partial charge in [0.25, 0.3) is 0 Å². The predicted octanol–water partition coefficient (Wildman–Crippen LogP) is 2.33. The second-order valence-electron chi connectivity index (χ2n) is 7.56. The van der Waals surface area contributed by atoms with Crippen molar-refractivity contribution in [2.24, 2.45) is 0 Å². The summed E-state index contributed by atoms with van der Waals surface area (Å²) >= 11 is 0. The minimum Gasteiger partial charge on any atom is -0.445 e. The summed E-state index contributed by atoms with van der Waals surface area (Å²) in [5.41, 5.74) is 0.961. The van der Waals surface area contributed by atoms with Gasteiger partial charge in [-0.05, 0) is 33.5 Å². The third-order valence-corrected chi connectivity index (χ3v) is 4.81. The van der Waals surface area contributed by atoms with Crippen LogP contribution in [-0.2, 0) is 11.3 Å². The molecule has 0 radical (unpaired) electrons. The number of hydrogen-bond donors (Lipinski definition) is 0. The van der Waals surface area contributed by atoms with Gasteiger partial charge in [0.2, 0.25) is 0 Å². The third-order valence-electron chi connectivity index (χ3n) is 4.81. The van der Waals surface area contributed by atoms with Crippen LogP contribution < -0.4 is 0 Å². The molecule has 1 saturated heterocycles. The van der Waals surface area contributed by atoms with E-state index >= 15 is 0 Å². The highest BCUT2D eigenvalue weighted by Gasteiger charge is 2.36. The fraction of sp³-hybridized carbons (Fsp3) is 0.600. The maximum atomic E-state index is 12.8. The van der Waals surface area contributed by atoms with Crippen LogP contribution in [0.5, 0.6) is 0 Å². The van der Waals surface area contributed by atoms with Gasteiger partial charge >= 0.3 is 12.1 Å². The molecule has 1 aromatic rings. The Hall–Kier alpha value is -2.28. The Morgan fingerprint density at radius 2 is 1.63 bits per heavy atom. The van der Waals surface area contributed by atoms with E-state index in [1.807, 2.05) is 70.2 Å². The molecule has 0 saturated carbocycles. The highest BCUT2D eigenvalue weighted by Crippen LogP contribution is 2.18. The summed E-state index contributed by atoms with van der Waals surface area (Å²) in [5, 5.41) is 0. The van der Waals surface area contributed by atoms with Crippen LogP contribution in [0.4, 0.5) is 9.59 Å². The lowest BCUT2D eigenvalue weighted by atomic mass is 10.1. The van der Waals surface area contributed by atoms with Gasteiger partial charge in [-0.3, -0.25) is 0 Å². The molecular weight excluding hydrogens is 344 g/mol. The first-order valence-corrected chi connectivity index (χ1v) is 9.43. The van der Waals surface area contributed by atoms with E-state index < -0.39 is 0 Å². The van der Waals surface area contributed by atoms with E-state index in [0.717, 1.165) is 12.1 Å². The minimum atomic E-state index is -0.328. The summed E-state index contributed by atoms with van der Waals surface area (Å²) in [6.07, 6.45) is -0.328. The Morgan fingerprint density at radius 3 is 2.19 bits per heavy atom. The average Bonchev–Trinajstić information content (AvgIpc) is 2.64. The van der Waals surface area contributed by atoms with E-state index in [2.05, 4.69) is 4.90 Å².